The normalized spacial score (nSPS) is 24.8. The van der Waals surface area contributed by atoms with Crippen LogP contribution in [0.3, 0.4) is 0 Å². The first-order valence-electron chi connectivity index (χ1n) is 6.27. The highest BCUT2D eigenvalue weighted by Gasteiger charge is 2.23. The number of nitrogens with zero attached hydrogens (tertiary/aromatic N) is 2. The molecular weight excluding hydrogens is 229 g/mol. The van der Waals surface area contributed by atoms with Gasteiger partial charge in [0.25, 0.3) is 0 Å². The quantitative estimate of drug-likeness (QED) is 0.869. The summed E-state index contributed by atoms with van der Waals surface area (Å²) in [5, 5.41) is 8.83. The molecule has 2 rings (SSSR count). The molecule has 1 aromatic rings. The van der Waals surface area contributed by atoms with E-state index in [9.17, 15) is 4.39 Å². The molecule has 1 aliphatic rings. The van der Waals surface area contributed by atoms with Gasteiger partial charge in [0.15, 0.2) is 0 Å². The van der Waals surface area contributed by atoms with Gasteiger partial charge >= 0.3 is 0 Å². The van der Waals surface area contributed by atoms with E-state index in [0.717, 1.165) is 24.9 Å². The van der Waals surface area contributed by atoms with Crippen molar-refractivity contribution in [3.63, 3.8) is 0 Å². The summed E-state index contributed by atoms with van der Waals surface area (Å²) in [5.74, 6) is -0.342. The van der Waals surface area contributed by atoms with E-state index in [2.05, 4.69) is 11.8 Å². The lowest BCUT2D eigenvalue weighted by atomic mass is 9.98. The Labute approximate surface area is 107 Å². The van der Waals surface area contributed by atoms with Crippen LogP contribution in [-0.4, -0.2) is 23.5 Å². The maximum atomic E-state index is 13.3. The summed E-state index contributed by atoms with van der Waals surface area (Å²) in [6.07, 6.45) is 1.95. The van der Waals surface area contributed by atoms with E-state index in [0.29, 0.717) is 18.2 Å². The lowest BCUT2D eigenvalue weighted by molar-refractivity contribution is 0.140. The van der Waals surface area contributed by atoms with Crippen molar-refractivity contribution < 1.29 is 4.39 Å². The molecule has 0 amide bonds. The van der Waals surface area contributed by atoms with Crippen LogP contribution in [-0.2, 0) is 6.54 Å². The van der Waals surface area contributed by atoms with Gasteiger partial charge in [-0.25, -0.2) is 4.39 Å². The first-order chi connectivity index (χ1) is 8.58. The summed E-state index contributed by atoms with van der Waals surface area (Å²) >= 11 is 0. The van der Waals surface area contributed by atoms with Gasteiger partial charge in [0.2, 0.25) is 0 Å². The first-order valence-corrected chi connectivity index (χ1v) is 6.27. The molecule has 0 bridgehead atoms. The van der Waals surface area contributed by atoms with E-state index in [1.54, 1.807) is 6.07 Å². The number of hydrogen-bond donors (Lipinski definition) is 1. The molecule has 1 aromatic carbocycles. The van der Waals surface area contributed by atoms with Crippen molar-refractivity contribution in [1.29, 1.82) is 5.26 Å². The molecule has 0 aromatic heterocycles. The Morgan fingerprint density at radius 2 is 2.28 bits per heavy atom. The maximum Gasteiger partial charge on any atom is 0.124 e. The number of halogens is 1. The number of rotatable bonds is 2. The zero-order chi connectivity index (χ0) is 13.1. The van der Waals surface area contributed by atoms with Crippen LogP contribution in [0, 0.1) is 17.1 Å². The van der Waals surface area contributed by atoms with Crippen LogP contribution >= 0.6 is 0 Å². The molecule has 1 aliphatic heterocycles. The highest BCUT2D eigenvalue weighted by atomic mass is 19.1. The smallest absolute Gasteiger partial charge is 0.124 e. The fourth-order valence-corrected chi connectivity index (χ4v) is 2.53. The molecule has 1 heterocycles. The molecule has 0 aliphatic carbocycles. The van der Waals surface area contributed by atoms with Crippen molar-refractivity contribution in [1.82, 2.24) is 4.90 Å². The molecule has 18 heavy (non-hydrogen) atoms. The first kappa shape index (κ1) is 13.0. The highest BCUT2D eigenvalue weighted by Crippen LogP contribution is 2.19. The molecule has 0 spiro atoms. The zero-order valence-corrected chi connectivity index (χ0v) is 10.6. The summed E-state index contributed by atoms with van der Waals surface area (Å²) in [5.41, 5.74) is 7.16. The predicted octanol–water partition coefficient (Wildman–Crippen LogP) is 2.01. The Hall–Kier alpha value is -1.44. The number of hydrogen-bond acceptors (Lipinski definition) is 3. The maximum absolute atomic E-state index is 13.3. The lowest BCUT2D eigenvalue weighted by Crippen LogP contribution is -2.44. The van der Waals surface area contributed by atoms with Crippen molar-refractivity contribution >= 4 is 0 Å². The van der Waals surface area contributed by atoms with Gasteiger partial charge in [0.05, 0.1) is 11.6 Å². The molecule has 4 heteroatoms. The second-order valence-electron chi connectivity index (χ2n) is 5.06. The number of nitrogens with two attached hydrogens (primary N) is 1. The van der Waals surface area contributed by atoms with E-state index in [1.165, 1.54) is 12.1 Å². The third-order valence-electron chi connectivity index (χ3n) is 3.53. The van der Waals surface area contributed by atoms with Crippen LogP contribution in [0.5, 0.6) is 0 Å². The van der Waals surface area contributed by atoms with Crippen LogP contribution in [0.15, 0.2) is 18.2 Å². The predicted molar refractivity (Wildman–Crippen MR) is 68.2 cm³/mol. The SMILES string of the molecule is CC1CC(N)CCN1Cc1cc(F)cc(C#N)c1. The average molecular weight is 247 g/mol. The van der Waals surface area contributed by atoms with Crippen LogP contribution in [0.1, 0.15) is 30.9 Å². The van der Waals surface area contributed by atoms with Crippen LogP contribution in [0.2, 0.25) is 0 Å². The molecule has 2 unspecified atom stereocenters. The summed E-state index contributed by atoms with van der Waals surface area (Å²) < 4.78 is 13.3. The largest absolute Gasteiger partial charge is 0.328 e. The van der Waals surface area contributed by atoms with Gasteiger partial charge in [0, 0.05) is 25.2 Å². The van der Waals surface area contributed by atoms with E-state index in [4.69, 9.17) is 11.0 Å². The molecule has 0 radical (unpaired) electrons. The summed E-state index contributed by atoms with van der Waals surface area (Å²) in [6, 6.07) is 7.19. The monoisotopic (exact) mass is 247 g/mol. The molecule has 2 atom stereocenters. The van der Waals surface area contributed by atoms with E-state index in [1.807, 2.05) is 6.07 Å². The third kappa shape index (κ3) is 3.06. The Bertz CT molecular complexity index is 467. The molecular formula is C14H18FN3. The Morgan fingerprint density at radius 1 is 1.50 bits per heavy atom. The van der Waals surface area contributed by atoms with Crippen molar-refractivity contribution in [2.75, 3.05) is 6.54 Å². The highest BCUT2D eigenvalue weighted by molar-refractivity contribution is 5.33. The standard InChI is InChI=1S/C14H18FN3/c1-10-4-14(17)2-3-18(10)9-12-5-11(8-16)6-13(15)7-12/h5-7,10,14H,2-4,9,17H2,1H3. The van der Waals surface area contributed by atoms with Gasteiger partial charge in [0.1, 0.15) is 5.82 Å². The summed E-state index contributed by atoms with van der Waals surface area (Å²) in [6.45, 7) is 3.75. The second-order valence-corrected chi connectivity index (χ2v) is 5.06. The van der Waals surface area contributed by atoms with Crippen molar-refractivity contribution in [3.05, 3.63) is 35.1 Å². The average Bonchev–Trinajstić information content (AvgIpc) is 2.32. The number of likely N-dealkylation sites (tertiary alicyclic amines) is 1. The van der Waals surface area contributed by atoms with Crippen molar-refractivity contribution in [2.24, 2.45) is 5.73 Å². The molecule has 1 saturated heterocycles. The Kier molecular flexibility index (Phi) is 3.95. The van der Waals surface area contributed by atoms with Crippen LogP contribution in [0.25, 0.3) is 0 Å². The molecule has 1 fully saturated rings. The van der Waals surface area contributed by atoms with Gasteiger partial charge in [-0.1, -0.05) is 0 Å². The van der Waals surface area contributed by atoms with Gasteiger partial charge in [-0.05, 0) is 43.5 Å². The number of piperidine rings is 1. The van der Waals surface area contributed by atoms with Crippen LogP contribution in [0.4, 0.5) is 4.39 Å². The molecule has 0 saturated carbocycles. The van der Waals surface area contributed by atoms with Gasteiger partial charge in [-0.2, -0.15) is 5.26 Å². The van der Waals surface area contributed by atoms with Gasteiger partial charge in [-0.3, -0.25) is 4.90 Å². The topological polar surface area (TPSA) is 53.0 Å². The lowest BCUT2D eigenvalue weighted by Gasteiger charge is -2.36. The van der Waals surface area contributed by atoms with Crippen LogP contribution < -0.4 is 5.73 Å². The minimum absolute atomic E-state index is 0.276. The zero-order valence-electron chi connectivity index (χ0n) is 10.6. The third-order valence-corrected chi connectivity index (χ3v) is 3.53. The number of benzene rings is 1. The number of nitriles is 1. The fraction of sp³-hybridized carbons (Fsp3) is 0.500. The summed E-state index contributed by atoms with van der Waals surface area (Å²) in [4.78, 5) is 2.29. The van der Waals surface area contributed by atoms with Gasteiger partial charge in [-0.15, -0.1) is 0 Å². The van der Waals surface area contributed by atoms with Crippen molar-refractivity contribution in [3.8, 4) is 6.07 Å². The minimum Gasteiger partial charge on any atom is -0.328 e. The van der Waals surface area contributed by atoms with E-state index >= 15 is 0 Å². The van der Waals surface area contributed by atoms with E-state index in [-0.39, 0.29) is 11.9 Å². The van der Waals surface area contributed by atoms with Crippen molar-refractivity contribution in [2.45, 2.75) is 38.4 Å². The fourth-order valence-electron chi connectivity index (χ4n) is 2.53. The Balaban J connectivity index is 2.10. The Morgan fingerprint density at radius 3 is 2.94 bits per heavy atom. The molecule has 2 N–H and O–H groups in total. The second kappa shape index (κ2) is 5.47. The molecule has 3 nitrogen and oxygen atoms in total. The van der Waals surface area contributed by atoms with Gasteiger partial charge < -0.3 is 5.73 Å². The van der Waals surface area contributed by atoms with E-state index < -0.39 is 0 Å². The summed E-state index contributed by atoms with van der Waals surface area (Å²) in [7, 11) is 0. The molecule has 96 valence electrons. The minimum atomic E-state index is -0.342.